The molecule has 0 aliphatic carbocycles. The predicted octanol–water partition coefficient (Wildman–Crippen LogP) is 3.82. The van der Waals surface area contributed by atoms with Crippen LogP contribution in [0.3, 0.4) is 0 Å². The number of nitrogens with one attached hydrogen (secondary N) is 1. The van der Waals surface area contributed by atoms with Gasteiger partial charge in [-0.2, -0.15) is 15.4 Å². The standard InChI is InChI=1S/C22H18N4O2/c23-22(27)21-20(24-26-25-21)19-12-5-4-11-18(19)16-9-6-10-17(13-16)28-14-15-7-2-1-3-8-15/h1-13H,14H2,(H2,23,27)(H,24,25,26). The number of nitrogens with zero attached hydrogens (tertiary/aromatic N) is 2. The van der Waals surface area contributed by atoms with E-state index in [1.54, 1.807) is 0 Å². The van der Waals surface area contributed by atoms with Crippen molar-refractivity contribution in [2.24, 2.45) is 5.73 Å². The van der Waals surface area contributed by atoms with Crippen molar-refractivity contribution in [3.8, 4) is 28.1 Å². The van der Waals surface area contributed by atoms with Gasteiger partial charge in [-0.3, -0.25) is 4.79 Å². The first-order chi connectivity index (χ1) is 13.7. The molecule has 28 heavy (non-hydrogen) atoms. The van der Waals surface area contributed by atoms with E-state index in [0.717, 1.165) is 28.0 Å². The molecule has 3 aromatic carbocycles. The summed E-state index contributed by atoms with van der Waals surface area (Å²) >= 11 is 0. The number of H-pyrrole nitrogens is 1. The smallest absolute Gasteiger partial charge is 0.271 e. The van der Waals surface area contributed by atoms with E-state index in [4.69, 9.17) is 10.5 Å². The lowest BCUT2D eigenvalue weighted by atomic mass is 9.96. The molecule has 1 heterocycles. The van der Waals surface area contributed by atoms with Gasteiger partial charge < -0.3 is 10.5 Å². The Labute approximate surface area is 162 Å². The molecule has 0 radical (unpaired) electrons. The number of nitrogens with two attached hydrogens (primary N) is 1. The Balaban J connectivity index is 1.67. The fourth-order valence-electron chi connectivity index (χ4n) is 3.03. The van der Waals surface area contributed by atoms with Crippen molar-refractivity contribution in [2.45, 2.75) is 6.61 Å². The molecule has 0 spiro atoms. The van der Waals surface area contributed by atoms with Gasteiger partial charge in [0.2, 0.25) is 0 Å². The molecule has 138 valence electrons. The third-order valence-electron chi connectivity index (χ3n) is 4.36. The van der Waals surface area contributed by atoms with Gasteiger partial charge in [0.25, 0.3) is 5.91 Å². The maximum atomic E-state index is 11.7. The van der Waals surface area contributed by atoms with Gasteiger partial charge in [-0.1, -0.05) is 66.7 Å². The molecule has 1 aromatic heterocycles. The van der Waals surface area contributed by atoms with Crippen molar-refractivity contribution in [1.29, 1.82) is 0 Å². The highest BCUT2D eigenvalue weighted by molar-refractivity contribution is 5.98. The van der Waals surface area contributed by atoms with Crippen LogP contribution < -0.4 is 10.5 Å². The lowest BCUT2D eigenvalue weighted by molar-refractivity contribution is 0.0996. The summed E-state index contributed by atoms with van der Waals surface area (Å²) in [5.74, 6) is 0.130. The number of aromatic nitrogens is 3. The number of hydrogen-bond donors (Lipinski definition) is 2. The first kappa shape index (κ1) is 17.5. The zero-order valence-corrected chi connectivity index (χ0v) is 15.0. The molecule has 1 amide bonds. The molecular weight excluding hydrogens is 352 g/mol. The molecule has 4 aromatic rings. The topological polar surface area (TPSA) is 93.9 Å². The average Bonchev–Trinajstić information content (AvgIpc) is 3.23. The maximum absolute atomic E-state index is 11.7. The third kappa shape index (κ3) is 3.61. The highest BCUT2D eigenvalue weighted by Gasteiger charge is 2.18. The summed E-state index contributed by atoms with van der Waals surface area (Å²) in [6.07, 6.45) is 0. The summed E-state index contributed by atoms with van der Waals surface area (Å²) in [6, 6.07) is 25.5. The van der Waals surface area contributed by atoms with Crippen LogP contribution in [0.25, 0.3) is 22.4 Å². The zero-order chi connectivity index (χ0) is 19.3. The molecule has 4 rings (SSSR count). The molecule has 0 unspecified atom stereocenters. The first-order valence-corrected chi connectivity index (χ1v) is 8.79. The second-order valence-electron chi connectivity index (χ2n) is 6.23. The van der Waals surface area contributed by atoms with Crippen LogP contribution in [-0.2, 0) is 6.61 Å². The summed E-state index contributed by atoms with van der Waals surface area (Å²) in [5, 5.41) is 10.5. The van der Waals surface area contributed by atoms with E-state index in [1.807, 2.05) is 78.9 Å². The predicted molar refractivity (Wildman–Crippen MR) is 107 cm³/mol. The van der Waals surface area contributed by atoms with Crippen LogP contribution in [0.1, 0.15) is 16.1 Å². The quantitative estimate of drug-likeness (QED) is 0.539. The minimum atomic E-state index is -0.626. The van der Waals surface area contributed by atoms with Gasteiger partial charge in [-0.25, -0.2) is 0 Å². The minimum absolute atomic E-state index is 0.115. The third-order valence-corrected chi connectivity index (χ3v) is 4.36. The summed E-state index contributed by atoms with van der Waals surface area (Å²) in [6.45, 7) is 0.487. The van der Waals surface area contributed by atoms with Gasteiger partial charge in [0.1, 0.15) is 18.1 Å². The van der Waals surface area contributed by atoms with E-state index in [1.165, 1.54) is 0 Å². The number of carbonyl (C=O) groups is 1. The van der Waals surface area contributed by atoms with Crippen molar-refractivity contribution in [2.75, 3.05) is 0 Å². The van der Waals surface area contributed by atoms with E-state index in [0.29, 0.717) is 12.3 Å². The van der Waals surface area contributed by atoms with Crippen LogP contribution in [0, 0.1) is 0 Å². The molecule has 0 aliphatic rings. The Hall–Kier alpha value is -3.93. The van der Waals surface area contributed by atoms with E-state index in [9.17, 15) is 4.79 Å². The first-order valence-electron chi connectivity index (χ1n) is 8.79. The molecule has 0 saturated carbocycles. The van der Waals surface area contributed by atoms with Gasteiger partial charge in [0.15, 0.2) is 5.69 Å². The van der Waals surface area contributed by atoms with Crippen molar-refractivity contribution in [3.63, 3.8) is 0 Å². The number of hydrogen-bond acceptors (Lipinski definition) is 4. The van der Waals surface area contributed by atoms with E-state index in [2.05, 4.69) is 15.4 Å². The largest absolute Gasteiger partial charge is 0.489 e. The number of carbonyl (C=O) groups excluding carboxylic acids is 1. The fourth-order valence-corrected chi connectivity index (χ4v) is 3.03. The zero-order valence-electron chi connectivity index (χ0n) is 15.0. The summed E-state index contributed by atoms with van der Waals surface area (Å²) in [7, 11) is 0. The Bertz CT molecular complexity index is 1110. The minimum Gasteiger partial charge on any atom is -0.489 e. The van der Waals surface area contributed by atoms with Gasteiger partial charge >= 0.3 is 0 Å². The number of benzene rings is 3. The number of ether oxygens (including phenoxy) is 1. The molecule has 0 aliphatic heterocycles. The van der Waals surface area contributed by atoms with Crippen molar-refractivity contribution in [1.82, 2.24) is 15.4 Å². The number of amides is 1. The SMILES string of the molecule is NC(=O)c1n[nH]nc1-c1ccccc1-c1cccc(OCc2ccccc2)c1. The van der Waals surface area contributed by atoms with Crippen LogP contribution in [-0.4, -0.2) is 21.3 Å². The molecule has 6 heteroatoms. The van der Waals surface area contributed by atoms with Crippen LogP contribution in [0.5, 0.6) is 5.75 Å². The van der Waals surface area contributed by atoms with Crippen LogP contribution in [0.2, 0.25) is 0 Å². The van der Waals surface area contributed by atoms with Crippen molar-refractivity contribution < 1.29 is 9.53 Å². The van der Waals surface area contributed by atoms with Gasteiger partial charge in [-0.05, 0) is 28.8 Å². The Morgan fingerprint density at radius 3 is 2.43 bits per heavy atom. The van der Waals surface area contributed by atoms with Crippen molar-refractivity contribution >= 4 is 5.91 Å². The normalized spacial score (nSPS) is 10.6. The average molecular weight is 370 g/mol. The molecule has 3 N–H and O–H groups in total. The summed E-state index contributed by atoms with van der Waals surface area (Å²) in [4.78, 5) is 11.7. The number of aromatic amines is 1. The second kappa shape index (κ2) is 7.75. The van der Waals surface area contributed by atoms with Gasteiger partial charge in [0.05, 0.1) is 0 Å². The highest BCUT2D eigenvalue weighted by atomic mass is 16.5. The van der Waals surface area contributed by atoms with Crippen molar-refractivity contribution in [3.05, 3.63) is 90.1 Å². The second-order valence-corrected chi connectivity index (χ2v) is 6.23. The number of primary amides is 1. The monoisotopic (exact) mass is 370 g/mol. The lowest BCUT2D eigenvalue weighted by Crippen LogP contribution is -2.12. The van der Waals surface area contributed by atoms with Crippen LogP contribution in [0.15, 0.2) is 78.9 Å². The number of rotatable bonds is 6. The van der Waals surface area contributed by atoms with Gasteiger partial charge in [0, 0.05) is 5.56 Å². The summed E-state index contributed by atoms with van der Waals surface area (Å²) < 4.78 is 5.94. The molecule has 0 bridgehead atoms. The Morgan fingerprint density at radius 2 is 1.64 bits per heavy atom. The van der Waals surface area contributed by atoms with E-state index in [-0.39, 0.29) is 5.69 Å². The van der Waals surface area contributed by atoms with Gasteiger partial charge in [-0.15, -0.1) is 0 Å². The van der Waals surface area contributed by atoms with Crippen LogP contribution >= 0.6 is 0 Å². The van der Waals surface area contributed by atoms with E-state index < -0.39 is 5.91 Å². The highest BCUT2D eigenvalue weighted by Crippen LogP contribution is 2.33. The van der Waals surface area contributed by atoms with E-state index >= 15 is 0 Å². The summed E-state index contributed by atoms with van der Waals surface area (Å²) in [5.41, 5.74) is 9.69. The Kier molecular flexibility index (Phi) is 4.84. The Morgan fingerprint density at radius 1 is 0.893 bits per heavy atom. The lowest BCUT2D eigenvalue weighted by Gasteiger charge is -2.11. The molecule has 0 saturated heterocycles. The molecular formula is C22H18N4O2. The van der Waals surface area contributed by atoms with Crippen LogP contribution in [0.4, 0.5) is 0 Å². The maximum Gasteiger partial charge on any atom is 0.271 e. The molecule has 0 fully saturated rings. The molecule has 0 atom stereocenters. The fraction of sp³-hybridized carbons (Fsp3) is 0.0455. The molecule has 6 nitrogen and oxygen atoms in total.